The standard InChI is InChI=1S/C11H8F2N4O2/c12-11(13)18-6-3-1-2-5(9(6)19-11)8-10(15)17-7(14)4-16-8/h1-4H,(H4,14,15,17). The summed E-state index contributed by atoms with van der Waals surface area (Å²) in [7, 11) is 0. The second kappa shape index (κ2) is 3.67. The molecule has 4 N–H and O–H groups in total. The summed E-state index contributed by atoms with van der Waals surface area (Å²) < 4.78 is 34.9. The Bertz CT molecular complexity index is 663. The van der Waals surface area contributed by atoms with Gasteiger partial charge in [-0.25, -0.2) is 9.97 Å². The van der Waals surface area contributed by atoms with Crippen LogP contribution in [0, 0.1) is 0 Å². The van der Waals surface area contributed by atoms with E-state index in [0.717, 1.165) is 0 Å². The Morgan fingerprint density at radius 2 is 1.95 bits per heavy atom. The van der Waals surface area contributed by atoms with Crippen molar-refractivity contribution in [1.82, 2.24) is 9.97 Å². The molecule has 3 rings (SSSR count). The molecule has 19 heavy (non-hydrogen) atoms. The molecule has 1 aliphatic rings. The second-order valence-electron chi connectivity index (χ2n) is 3.83. The molecule has 2 heterocycles. The van der Waals surface area contributed by atoms with E-state index in [-0.39, 0.29) is 34.4 Å². The smallest absolute Gasteiger partial charge is 0.395 e. The van der Waals surface area contributed by atoms with Gasteiger partial charge in [0.05, 0.1) is 11.8 Å². The van der Waals surface area contributed by atoms with Crippen molar-refractivity contribution in [1.29, 1.82) is 0 Å². The van der Waals surface area contributed by atoms with Gasteiger partial charge < -0.3 is 20.9 Å². The Morgan fingerprint density at radius 1 is 1.16 bits per heavy atom. The Morgan fingerprint density at radius 3 is 2.68 bits per heavy atom. The van der Waals surface area contributed by atoms with E-state index >= 15 is 0 Å². The maximum Gasteiger partial charge on any atom is 0.586 e. The minimum absolute atomic E-state index is 0.0206. The lowest BCUT2D eigenvalue weighted by atomic mass is 10.1. The molecule has 8 heteroatoms. The fourth-order valence-electron chi connectivity index (χ4n) is 1.78. The molecule has 6 nitrogen and oxygen atoms in total. The van der Waals surface area contributed by atoms with E-state index in [2.05, 4.69) is 19.4 Å². The number of nitrogen functional groups attached to an aromatic ring is 2. The molecule has 0 radical (unpaired) electrons. The number of halogens is 2. The number of anilines is 2. The number of fused-ring (bicyclic) bond motifs is 1. The number of nitrogens with two attached hydrogens (primary N) is 2. The van der Waals surface area contributed by atoms with Crippen molar-refractivity contribution in [2.24, 2.45) is 0 Å². The fraction of sp³-hybridized carbons (Fsp3) is 0.0909. The van der Waals surface area contributed by atoms with Crippen LogP contribution in [0.5, 0.6) is 11.5 Å². The van der Waals surface area contributed by atoms with E-state index in [9.17, 15) is 8.78 Å². The molecule has 0 fully saturated rings. The van der Waals surface area contributed by atoms with Gasteiger partial charge in [0.1, 0.15) is 11.5 Å². The summed E-state index contributed by atoms with van der Waals surface area (Å²) >= 11 is 0. The molecular formula is C11H8F2N4O2. The van der Waals surface area contributed by atoms with Crippen LogP contribution in [-0.2, 0) is 0 Å². The van der Waals surface area contributed by atoms with Gasteiger partial charge in [0.25, 0.3) is 0 Å². The first-order valence-corrected chi connectivity index (χ1v) is 5.23. The minimum Gasteiger partial charge on any atom is -0.395 e. The Balaban J connectivity index is 2.16. The number of ether oxygens (including phenoxy) is 2. The molecule has 0 saturated heterocycles. The molecule has 0 bridgehead atoms. The second-order valence-corrected chi connectivity index (χ2v) is 3.83. The Hall–Kier alpha value is -2.64. The molecule has 0 unspecified atom stereocenters. The molecule has 0 amide bonds. The number of hydrogen-bond acceptors (Lipinski definition) is 6. The number of benzene rings is 1. The highest BCUT2D eigenvalue weighted by Gasteiger charge is 2.44. The molecule has 0 saturated carbocycles. The first kappa shape index (κ1) is 11.5. The predicted octanol–water partition coefficient (Wildman–Crippen LogP) is 1.63. The van der Waals surface area contributed by atoms with Gasteiger partial charge in [-0.1, -0.05) is 6.07 Å². The molecule has 1 aliphatic heterocycles. The van der Waals surface area contributed by atoms with Crippen LogP contribution in [0.15, 0.2) is 24.4 Å². The molecule has 0 aliphatic carbocycles. The number of rotatable bonds is 1. The summed E-state index contributed by atoms with van der Waals surface area (Å²) in [4.78, 5) is 7.80. The van der Waals surface area contributed by atoms with Gasteiger partial charge in [0.15, 0.2) is 17.3 Å². The van der Waals surface area contributed by atoms with Gasteiger partial charge in [-0.2, -0.15) is 0 Å². The van der Waals surface area contributed by atoms with Crippen molar-refractivity contribution in [3.8, 4) is 22.8 Å². The first-order valence-electron chi connectivity index (χ1n) is 5.23. The summed E-state index contributed by atoms with van der Waals surface area (Å²) in [6.45, 7) is 0. The van der Waals surface area contributed by atoms with E-state index in [1.54, 1.807) is 0 Å². The maximum atomic E-state index is 13.1. The average molecular weight is 266 g/mol. The normalized spacial score (nSPS) is 15.5. The predicted molar refractivity (Wildman–Crippen MR) is 62.5 cm³/mol. The summed E-state index contributed by atoms with van der Waals surface area (Å²) in [5, 5.41) is 0. The van der Waals surface area contributed by atoms with Gasteiger partial charge in [0.2, 0.25) is 0 Å². The summed E-state index contributed by atoms with van der Waals surface area (Å²) in [5.74, 6) is -0.0534. The molecule has 1 aromatic carbocycles. The van der Waals surface area contributed by atoms with Crippen molar-refractivity contribution in [2.75, 3.05) is 11.5 Å². The number of hydrogen-bond donors (Lipinski definition) is 2. The Kier molecular flexibility index (Phi) is 2.21. The quantitative estimate of drug-likeness (QED) is 0.814. The Labute approximate surface area is 106 Å². The van der Waals surface area contributed by atoms with Gasteiger partial charge in [0, 0.05) is 0 Å². The van der Waals surface area contributed by atoms with Gasteiger partial charge >= 0.3 is 6.29 Å². The van der Waals surface area contributed by atoms with Crippen molar-refractivity contribution in [3.63, 3.8) is 0 Å². The fourth-order valence-corrected chi connectivity index (χ4v) is 1.78. The van der Waals surface area contributed by atoms with E-state index in [0.29, 0.717) is 0 Å². The summed E-state index contributed by atoms with van der Waals surface area (Å²) in [6, 6.07) is 4.41. The van der Waals surface area contributed by atoms with Crippen molar-refractivity contribution >= 4 is 11.6 Å². The minimum atomic E-state index is -3.70. The van der Waals surface area contributed by atoms with Crippen molar-refractivity contribution < 1.29 is 18.3 Å². The van der Waals surface area contributed by atoms with Gasteiger partial charge in [-0.05, 0) is 12.1 Å². The molecule has 0 atom stereocenters. The highest BCUT2D eigenvalue weighted by molar-refractivity contribution is 5.78. The number of para-hydroxylation sites is 1. The van der Waals surface area contributed by atoms with Crippen LogP contribution in [0.3, 0.4) is 0 Å². The molecule has 2 aromatic rings. The third-order valence-electron chi connectivity index (χ3n) is 2.50. The third-order valence-corrected chi connectivity index (χ3v) is 2.50. The van der Waals surface area contributed by atoms with E-state index in [1.165, 1.54) is 24.4 Å². The van der Waals surface area contributed by atoms with Gasteiger partial charge in [-0.3, -0.25) is 0 Å². The summed E-state index contributed by atoms with van der Waals surface area (Å²) in [5.41, 5.74) is 11.6. The zero-order chi connectivity index (χ0) is 13.6. The topological polar surface area (TPSA) is 96.3 Å². The number of aromatic nitrogens is 2. The van der Waals surface area contributed by atoms with Crippen LogP contribution in [0.2, 0.25) is 0 Å². The van der Waals surface area contributed by atoms with Crippen LogP contribution in [0.4, 0.5) is 20.4 Å². The first-order chi connectivity index (χ1) is 8.96. The number of alkyl halides is 2. The van der Waals surface area contributed by atoms with Crippen molar-refractivity contribution in [2.45, 2.75) is 6.29 Å². The van der Waals surface area contributed by atoms with Crippen molar-refractivity contribution in [3.05, 3.63) is 24.4 Å². The zero-order valence-electron chi connectivity index (χ0n) is 9.43. The maximum absolute atomic E-state index is 13.1. The van der Waals surface area contributed by atoms with Gasteiger partial charge in [-0.15, -0.1) is 8.78 Å². The lowest BCUT2D eigenvalue weighted by molar-refractivity contribution is -0.286. The molecule has 0 spiro atoms. The van der Waals surface area contributed by atoms with Crippen LogP contribution >= 0.6 is 0 Å². The van der Waals surface area contributed by atoms with Crippen LogP contribution < -0.4 is 20.9 Å². The monoisotopic (exact) mass is 266 g/mol. The largest absolute Gasteiger partial charge is 0.586 e. The molecule has 98 valence electrons. The lowest BCUT2D eigenvalue weighted by Gasteiger charge is -2.08. The SMILES string of the molecule is Nc1cnc(-c2cccc3c2OC(F)(F)O3)c(N)n1. The van der Waals surface area contributed by atoms with Crippen LogP contribution in [0.1, 0.15) is 0 Å². The average Bonchev–Trinajstić information content (AvgIpc) is 2.63. The lowest BCUT2D eigenvalue weighted by Crippen LogP contribution is -2.26. The highest BCUT2D eigenvalue weighted by atomic mass is 19.3. The highest BCUT2D eigenvalue weighted by Crippen LogP contribution is 2.47. The van der Waals surface area contributed by atoms with E-state index in [4.69, 9.17) is 11.5 Å². The molecule has 1 aromatic heterocycles. The van der Waals surface area contributed by atoms with Crippen LogP contribution in [-0.4, -0.2) is 16.3 Å². The third kappa shape index (κ3) is 1.86. The zero-order valence-corrected chi connectivity index (χ0v) is 9.43. The molecular weight excluding hydrogens is 258 g/mol. The number of nitrogens with zero attached hydrogens (tertiary/aromatic N) is 2. The summed E-state index contributed by atoms with van der Waals surface area (Å²) in [6.07, 6.45) is -2.42. The van der Waals surface area contributed by atoms with E-state index < -0.39 is 6.29 Å². The van der Waals surface area contributed by atoms with Crippen LogP contribution in [0.25, 0.3) is 11.3 Å². The van der Waals surface area contributed by atoms with E-state index in [1.807, 2.05) is 0 Å².